The largest absolute Gasteiger partial charge is 0.493 e. The average molecular weight is 464 g/mol. The Morgan fingerprint density at radius 3 is 2.15 bits per heavy atom. The Morgan fingerprint density at radius 2 is 1.61 bits per heavy atom. The fourth-order valence-corrected chi connectivity index (χ4v) is 3.85. The number of rotatable bonds is 7. The van der Waals surface area contributed by atoms with Crippen LogP contribution >= 0.6 is 0 Å². The summed E-state index contributed by atoms with van der Waals surface area (Å²) < 4.78 is 49.0. The lowest BCUT2D eigenvalue weighted by molar-refractivity contribution is -0.137. The van der Waals surface area contributed by atoms with Gasteiger partial charge in [0.2, 0.25) is 5.91 Å². The number of hydrogen-bond donors (Lipinski definition) is 1. The first-order chi connectivity index (χ1) is 15.6. The van der Waals surface area contributed by atoms with E-state index in [9.17, 15) is 22.8 Å². The van der Waals surface area contributed by atoms with Gasteiger partial charge in [0, 0.05) is 25.6 Å². The van der Waals surface area contributed by atoms with Gasteiger partial charge in [-0.15, -0.1) is 0 Å². The van der Waals surface area contributed by atoms with Crippen LogP contribution in [0.2, 0.25) is 0 Å². The lowest BCUT2D eigenvalue weighted by Gasteiger charge is -2.20. The van der Waals surface area contributed by atoms with Gasteiger partial charge in [-0.1, -0.05) is 19.1 Å². The second-order valence-corrected chi connectivity index (χ2v) is 8.03. The molecule has 2 amide bonds. The molecule has 6 nitrogen and oxygen atoms in total. The van der Waals surface area contributed by atoms with E-state index in [1.807, 2.05) is 0 Å². The molecule has 0 bridgehead atoms. The fraction of sp³-hybridized carbons (Fsp3) is 0.417. The lowest BCUT2D eigenvalue weighted by Crippen LogP contribution is -2.29. The Balaban J connectivity index is 1.79. The number of carbonyl (C=O) groups excluding carboxylic acids is 2. The number of likely N-dealkylation sites (tertiary alicyclic amines) is 1. The van der Waals surface area contributed by atoms with Gasteiger partial charge in [-0.25, -0.2) is 0 Å². The van der Waals surface area contributed by atoms with Crippen molar-refractivity contribution >= 4 is 17.5 Å². The number of hydrogen-bond acceptors (Lipinski definition) is 4. The number of amides is 2. The predicted octanol–water partition coefficient (Wildman–Crippen LogP) is 5.09. The lowest BCUT2D eigenvalue weighted by atomic mass is 9.96. The fourth-order valence-electron chi connectivity index (χ4n) is 3.85. The van der Waals surface area contributed by atoms with Crippen LogP contribution in [0.5, 0.6) is 11.5 Å². The number of methoxy groups -OCH3 is 2. The van der Waals surface area contributed by atoms with Gasteiger partial charge in [-0.3, -0.25) is 9.59 Å². The van der Waals surface area contributed by atoms with Crippen LogP contribution in [-0.4, -0.2) is 44.0 Å². The average Bonchev–Trinajstić information content (AvgIpc) is 3.32. The molecule has 2 aromatic carbocycles. The third-order valence-corrected chi connectivity index (χ3v) is 5.72. The van der Waals surface area contributed by atoms with Crippen LogP contribution < -0.4 is 14.8 Å². The van der Waals surface area contributed by atoms with Crippen LogP contribution in [0.15, 0.2) is 36.4 Å². The number of alkyl halides is 3. The third kappa shape index (κ3) is 5.77. The van der Waals surface area contributed by atoms with Crippen LogP contribution in [-0.2, 0) is 11.0 Å². The van der Waals surface area contributed by atoms with Crippen LogP contribution in [0.25, 0.3) is 0 Å². The van der Waals surface area contributed by atoms with Crippen LogP contribution in [0.4, 0.5) is 18.9 Å². The summed E-state index contributed by atoms with van der Waals surface area (Å²) in [6.45, 7) is 3.05. The molecule has 2 aromatic rings. The van der Waals surface area contributed by atoms with Crippen molar-refractivity contribution in [3.8, 4) is 11.5 Å². The van der Waals surface area contributed by atoms with Crippen molar-refractivity contribution in [3.05, 3.63) is 53.1 Å². The zero-order chi connectivity index (χ0) is 24.2. The summed E-state index contributed by atoms with van der Waals surface area (Å²) in [6.07, 6.45) is -2.54. The Bertz CT molecular complexity index is 1000. The van der Waals surface area contributed by atoms with E-state index in [0.717, 1.165) is 25.0 Å². The molecular formula is C24H27F3N2O4. The molecule has 0 spiro atoms. The first kappa shape index (κ1) is 24.4. The van der Waals surface area contributed by atoms with Crippen LogP contribution in [0, 0.1) is 0 Å². The Morgan fingerprint density at radius 1 is 1.03 bits per heavy atom. The number of ether oxygens (including phenoxy) is 2. The Hall–Kier alpha value is -3.23. The highest BCUT2D eigenvalue weighted by molar-refractivity contribution is 6.04. The van der Waals surface area contributed by atoms with E-state index in [1.54, 1.807) is 24.0 Å². The predicted molar refractivity (Wildman–Crippen MR) is 118 cm³/mol. The molecule has 1 unspecified atom stereocenters. The number of nitrogens with one attached hydrogen (secondary N) is 1. The van der Waals surface area contributed by atoms with Crippen molar-refractivity contribution in [2.45, 2.75) is 38.3 Å². The van der Waals surface area contributed by atoms with E-state index in [0.29, 0.717) is 41.4 Å². The van der Waals surface area contributed by atoms with Crippen molar-refractivity contribution in [1.82, 2.24) is 4.90 Å². The number of nitrogens with zero attached hydrogens (tertiary/aromatic N) is 1. The summed E-state index contributed by atoms with van der Waals surface area (Å²) >= 11 is 0. The van der Waals surface area contributed by atoms with Gasteiger partial charge in [0.15, 0.2) is 11.5 Å². The summed E-state index contributed by atoms with van der Waals surface area (Å²) in [7, 11) is 2.92. The summed E-state index contributed by atoms with van der Waals surface area (Å²) in [4.78, 5) is 27.6. The molecule has 0 aliphatic carbocycles. The summed E-state index contributed by atoms with van der Waals surface area (Å²) in [5, 5.41) is 2.78. The molecule has 0 radical (unpaired) electrons. The van der Waals surface area contributed by atoms with E-state index in [-0.39, 0.29) is 24.2 Å². The molecule has 33 heavy (non-hydrogen) atoms. The number of anilines is 1. The maximum atomic E-state index is 13.1. The van der Waals surface area contributed by atoms with E-state index in [4.69, 9.17) is 9.47 Å². The van der Waals surface area contributed by atoms with Crippen molar-refractivity contribution in [1.29, 1.82) is 0 Å². The van der Waals surface area contributed by atoms with Gasteiger partial charge >= 0.3 is 6.18 Å². The maximum absolute atomic E-state index is 13.1. The highest BCUT2D eigenvalue weighted by Gasteiger charge is 2.30. The van der Waals surface area contributed by atoms with E-state index >= 15 is 0 Å². The first-order valence-electron chi connectivity index (χ1n) is 10.7. The first-order valence-corrected chi connectivity index (χ1v) is 10.7. The second-order valence-electron chi connectivity index (χ2n) is 8.03. The highest BCUT2D eigenvalue weighted by atomic mass is 19.4. The molecule has 0 saturated carbocycles. The van der Waals surface area contributed by atoms with Crippen molar-refractivity contribution in [2.75, 3.05) is 32.6 Å². The minimum atomic E-state index is -4.41. The minimum absolute atomic E-state index is 0.0249. The Kier molecular flexibility index (Phi) is 7.50. The number of benzene rings is 2. The van der Waals surface area contributed by atoms with Gasteiger partial charge in [-0.05, 0) is 42.5 Å². The zero-order valence-electron chi connectivity index (χ0n) is 18.8. The van der Waals surface area contributed by atoms with Crippen LogP contribution in [0.3, 0.4) is 0 Å². The molecule has 178 valence electrons. The summed E-state index contributed by atoms with van der Waals surface area (Å²) in [5.41, 5.74) is 0.469. The Labute approximate surface area is 190 Å². The smallest absolute Gasteiger partial charge is 0.416 e. The van der Waals surface area contributed by atoms with E-state index < -0.39 is 11.7 Å². The molecule has 1 fully saturated rings. The molecule has 1 heterocycles. The maximum Gasteiger partial charge on any atom is 0.416 e. The quantitative estimate of drug-likeness (QED) is 0.620. The van der Waals surface area contributed by atoms with E-state index in [2.05, 4.69) is 5.32 Å². The van der Waals surface area contributed by atoms with Crippen molar-refractivity contribution < 1.29 is 32.2 Å². The normalized spacial score (nSPS) is 14.7. The van der Waals surface area contributed by atoms with Gasteiger partial charge in [0.05, 0.1) is 31.0 Å². The van der Waals surface area contributed by atoms with Gasteiger partial charge in [0.1, 0.15) is 0 Å². The van der Waals surface area contributed by atoms with Crippen molar-refractivity contribution in [2.24, 2.45) is 0 Å². The monoisotopic (exact) mass is 464 g/mol. The highest BCUT2D eigenvalue weighted by Crippen LogP contribution is 2.35. The van der Waals surface area contributed by atoms with Crippen molar-refractivity contribution in [3.63, 3.8) is 0 Å². The van der Waals surface area contributed by atoms with E-state index in [1.165, 1.54) is 26.4 Å². The van der Waals surface area contributed by atoms with Gasteiger partial charge in [0.25, 0.3) is 5.91 Å². The molecule has 1 aliphatic rings. The molecule has 3 rings (SSSR count). The molecule has 0 aromatic heterocycles. The standard InChI is InChI=1S/C24H27F3N2O4/c1-15(16-6-8-17(9-7-16)24(25,26)27)12-22(30)28-19-14-21(33-3)20(32-2)13-18(19)23(31)29-10-4-5-11-29/h6-9,13-15H,4-5,10-12H2,1-3H3,(H,28,30). The molecule has 1 N–H and O–H groups in total. The molecule has 1 atom stereocenters. The molecule has 1 aliphatic heterocycles. The summed E-state index contributed by atoms with van der Waals surface area (Å²) in [5.74, 6) is -0.174. The van der Waals surface area contributed by atoms with Crippen LogP contribution in [0.1, 0.15) is 53.6 Å². The topological polar surface area (TPSA) is 67.9 Å². The molecule has 1 saturated heterocycles. The second kappa shape index (κ2) is 10.1. The van der Waals surface area contributed by atoms with Gasteiger partial charge in [-0.2, -0.15) is 13.2 Å². The number of halogens is 3. The third-order valence-electron chi connectivity index (χ3n) is 5.72. The number of carbonyl (C=O) groups is 2. The molecular weight excluding hydrogens is 437 g/mol. The summed E-state index contributed by atoms with van der Waals surface area (Å²) in [6, 6.07) is 7.85. The molecule has 9 heteroatoms. The zero-order valence-corrected chi connectivity index (χ0v) is 18.8. The van der Waals surface area contributed by atoms with Gasteiger partial charge < -0.3 is 19.7 Å². The SMILES string of the molecule is COc1cc(NC(=O)CC(C)c2ccc(C(F)(F)F)cc2)c(C(=O)N2CCCC2)cc1OC. The minimum Gasteiger partial charge on any atom is -0.493 e.